The molecular formula is C53H100N16O13. The number of primary amides is 1. The molecule has 0 spiro atoms. The minimum absolute atomic E-state index is 0.00715. The summed E-state index contributed by atoms with van der Waals surface area (Å²) in [5.74, 6) is -11.0. The molecule has 0 saturated heterocycles. The summed E-state index contributed by atoms with van der Waals surface area (Å²) < 4.78 is 0. The van der Waals surface area contributed by atoms with Gasteiger partial charge >= 0.3 is 5.97 Å². The first-order chi connectivity index (χ1) is 38.9. The van der Waals surface area contributed by atoms with E-state index in [2.05, 4.69) is 60.1 Å². The van der Waals surface area contributed by atoms with Crippen LogP contribution < -0.4 is 76.1 Å². The number of carboxylic acid groups (broad SMARTS) is 1. The zero-order chi connectivity index (χ0) is 62.0. The lowest BCUT2D eigenvalue weighted by atomic mass is 10.0. The van der Waals surface area contributed by atoms with Gasteiger partial charge in [0.15, 0.2) is 11.9 Å². The Hall–Kier alpha value is -6.88. The second kappa shape index (κ2) is 44.7. The van der Waals surface area contributed by atoms with Gasteiger partial charge in [-0.1, -0.05) is 97.8 Å². The molecule has 0 unspecified atom stereocenters. The molecule has 29 heteroatoms. The van der Waals surface area contributed by atoms with Crippen molar-refractivity contribution in [2.24, 2.45) is 28.9 Å². The fourth-order valence-corrected chi connectivity index (χ4v) is 8.48. The van der Waals surface area contributed by atoms with Crippen molar-refractivity contribution in [3.63, 3.8) is 0 Å². The first-order valence-corrected chi connectivity index (χ1v) is 28.9. The molecule has 0 aliphatic rings. The van der Waals surface area contributed by atoms with Gasteiger partial charge in [-0.15, -0.1) is 0 Å². The highest BCUT2D eigenvalue weighted by Gasteiger charge is 2.36. The predicted octanol–water partition coefficient (Wildman–Crippen LogP) is -1.99. The van der Waals surface area contributed by atoms with Crippen molar-refractivity contribution < 1.29 is 63.3 Å². The van der Waals surface area contributed by atoms with Crippen LogP contribution in [0.2, 0.25) is 0 Å². The molecule has 0 saturated carbocycles. The van der Waals surface area contributed by atoms with Gasteiger partial charge in [0.2, 0.25) is 53.2 Å². The zero-order valence-electron chi connectivity index (χ0n) is 48.7. The standard InChI is InChI=1S/C53H100N16O13/c1-5-6-7-8-9-10-11-12-13-14-15-16-17-25-41(72)62-31-42(73)63-40(32-70)50(81)69-44(34(4)71)51(82)68-39(30-43(74)75)49(80)66-37(24-21-28-61-53(58)59)47(78)67-38(29-33(2)3)48(79)65-36(23-20-27-60-52(56)57)46(77)64-35(45(55)76)22-18-19-26-54/h33-40,44,70-71H,5-32,54H2,1-4H3,(H2,55,76)(H,62,72)(H,63,73)(H,64,77)(H,65,79)(H,66,80)(H,67,78)(H,68,82)(H,69,81)(H,74,75)(H4,56,57,60)(H4,58,59,61)/t34-,35+,36+,37+,38+,39+,40+,44+/m1/s1. The maximum atomic E-state index is 14.2. The number of guanidine groups is 2. The predicted molar refractivity (Wildman–Crippen MR) is 308 cm³/mol. The van der Waals surface area contributed by atoms with Crippen molar-refractivity contribution in [3.05, 3.63) is 0 Å². The van der Waals surface area contributed by atoms with E-state index in [-0.39, 0.29) is 69.9 Å². The molecule has 0 heterocycles. The maximum Gasteiger partial charge on any atom is 0.305 e. The number of nitrogens with one attached hydrogen (secondary N) is 12. The van der Waals surface area contributed by atoms with E-state index >= 15 is 0 Å². The minimum Gasteiger partial charge on any atom is -0.481 e. The first-order valence-electron chi connectivity index (χ1n) is 28.9. The first kappa shape index (κ1) is 75.1. The van der Waals surface area contributed by atoms with Crippen molar-refractivity contribution in [1.29, 1.82) is 10.8 Å². The Morgan fingerprint density at radius 3 is 1.34 bits per heavy atom. The number of amides is 9. The molecule has 0 aliphatic heterocycles. The lowest BCUT2D eigenvalue weighted by Gasteiger charge is -2.28. The number of rotatable bonds is 48. The summed E-state index contributed by atoms with van der Waals surface area (Å²) >= 11 is 0. The molecule has 0 aromatic carbocycles. The molecule has 0 aromatic rings. The van der Waals surface area contributed by atoms with Gasteiger partial charge in [-0.2, -0.15) is 0 Å². The molecule has 0 radical (unpaired) electrons. The molecular weight excluding hydrogens is 1070 g/mol. The van der Waals surface area contributed by atoms with Crippen LogP contribution in [-0.4, -0.2) is 168 Å². The molecule has 0 aromatic heterocycles. The number of hydrogen-bond acceptors (Lipinski definition) is 15. The number of aliphatic hydroxyl groups is 2. The van der Waals surface area contributed by atoms with E-state index in [9.17, 15) is 63.3 Å². The van der Waals surface area contributed by atoms with E-state index in [4.69, 9.17) is 33.8 Å². The molecule has 0 rings (SSSR count). The second-order valence-electron chi connectivity index (χ2n) is 21.0. The van der Waals surface area contributed by atoms with Crippen LogP contribution in [0.15, 0.2) is 0 Å². The molecule has 82 heavy (non-hydrogen) atoms. The van der Waals surface area contributed by atoms with Gasteiger partial charge in [0, 0.05) is 19.5 Å². The third-order valence-electron chi connectivity index (χ3n) is 13.0. The summed E-state index contributed by atoms with van der Waals surface area (Å²) in [6.07, 6.45) is 13.2. The van der Waals surface area contributed by atoms with E-state index in [0.29, 0.717) is 25.8 Å². The lowest BCUT2D eigenvalue weighted by molar-refractivity contribution is -0.142. The van der Waals surface area contributed by atoms with Crippen LogP contribution in [0.5, 0.6) is 0 Å². The Morgan fingerprint density at radius 2 is 0.902 bits per heavy atom. The number of carboxylic acids is 1. The summed E-state index contributed by atoms with van der Waals surface area (Å²) in [7, 11) is 0. The molecule has 23 N–H and O–H groups in total. The summed E-state index contributed by atoms with van der Waals surface area (Å²) in [5, 5.41) is 69.7. The highest BCUT2D eigenvalue weighted by Crippen LogP contribution is 2.14. The summed E-state index contributed by atoms with van der Waals surface area (Å²) in [4.78, 5) is 132. The zero-order valence-corrected chi connectivity index (χ0v) is 48.7. The van der Waals surface area contributed by atoms with Gasteiger partial charge < -0.3 is 91.4 Å². The van der Waals surface area contributed by atoms with E-state index < -0.39 is 133 Å². The largest absolute Gasteiger partial charge is 0.481 e. The monoisotopic (exact) mass is 1170 g/mol. The summed E-state index contributed by atoms with van der Waals surface area (Å²) in [6.45, 7) is 5.70. The quantitative estimate of drug-likeness (QED) is 0.0178. The molecule has 0 bridgehead atoms. The molecule has 0 fully saturated rings. The molecule has 0 aliphatic carbocycles. The van der Waals surface area contributed by atoms with Crippen molar-refractivity contribution in [2.45, 2.75) is 224 Å². The van der Waals surface area contributed by atoms with Gasteiger partial charge in [-0.3, -0.25) is 58.8 Å². The van der Waals surface area contributed by atoms with Crippen molar-refractivity contribution >= 4 is 71.1 Å². The Balaban J connectivity index is 6.10. The lowest BCUT2D eigenvalue weighted by Crippen LogP contribution is -2.62. The number of aliphatic carboxylic acids is 1. The third-order valence-corrected chi connectivity index (χ3v) is 13.0. The van der Waals surface area contributed by atoms with E-state index in [1.807, 2.05) is 0 Å². The van der Waals surface area contributed by atoms with Gasteiger partial charge in [0.1, 0.15) is 42.3 Å². The van der Waals surface area contributed by atoms with E-state index in [1.165, 1.54) is 51.4 Å². The number of nitrogens with two attached hydrogens (primary N) is 4. The summed E-state index contributed by atoms with van der Waals surface area (Å²) in [6, 6.07) is -10.9. The average molecular weight is 1170 g/mol. The third kappa shape index (κ3) is 36.5. The number of unbranched alkanes of at least 4 members (excludes halogenated alkanes) is 13. The Labute approximate surface area is 482 Å². The molecule has 9 amide bonds. The van der Waals surface area contributed by atoms with Crippen LogP contribution in [-0.2, 0) is 47.9 Å². The van der Waals surface area contributed by atoms with Gasteiger partial charge in [0.05, 0.1) is 25.7 Å². The van der Waals surface area contributed by atoms with Gasteiger partial charge in [-0.25, -0.2) is 0 Å². The van der Waals surface area contributed by atoms with Crippen LogP contribution in [0.25, 0.3) is 0 Å². The van der Waals surface area contributed by atoms with Crippen molar-refractivity contribution in [3.8, 4) is 0 Å². The van der Waals surface area contributed by atoms with Gasteiger partial charge in [0.25, 0.3) is 0 Å². The minimum atomic E-state index is -1.98. The highest BCUT2D eigenvalue weighted by atomic mass is 16.4. The Morgan fingerprint density at radius 1 is 0.476 bits per heavy atom. The fourth-order valence-electron chi connectivity index (χ4n) is 8.48. The number of hydrogen-bond donors (Lipinski definition) is 19. The van der Waals surface area contributed by atoms with E-state index in [1.54, 1.807) is 13.8 Å². The molecule has 470 valence electrons. The second-order valence-corrected chi connectivity index (χ2v) is 21.0. The Kier molecular flexibility index (Phi) is 41.0. The smallest absolute Gasteiger partial charge is 0.305 e. The molecule has 29 nitrogen and oxygen atoms in total. The normalized spacial score (nSPS) is 14.0. The molecule has 8 atom stereocenters. The van der Waals surface area contributed by atoms with Crippen LogP contribution in [0.3, 0.4) is 0 Å². The van der Waals surface area contributed by atoms with Crippen molar-refractivity contribution in [2.75, 3.05) is 32.8 Å². The highest BCUT2D eigenvalue weighted by molar-refractivity contribution is 5.98. The SMILES string of the molecule is CCCCCCCCCCCCCCCC(=O)NCC(=O)N[C@@H](CO)C(=O)N[C@H](C(=O)N[C@@H](CC(=O)O)C(=O)N[C@@H](CCCNC(=N)N)C(=O)N[C@@H](CC(C)C)C(=O)N[C@@H](CCCNC(=N)N)C(=O)N[C@@H](CCCCN)C(N)=O)[C@@H](C)O. The summed E-state index contributed by atoms with van der Waals surface area (Å²) in [5.41, 5.74) is 22.0. The van der Waals surface area contributed by atoms with Crippen LogP contribution in [0.1, 0.15) is 175 Å². The fraction of sp³-hybridized carbons (Fsp3) is 0.774. The number of aliphatic hydroxyl groups excluding tert-OH is 2. The van der Waals surface area contributed by atoms with Crippen LogP contribution in [0, 0.1) is 16.7 Å². The van der Waals surface area contributed by atoms with E-state index in [0.717, 1.165) is 32.6 Å². The van der Waals surface area contributed by atoms with Crippen LogP contribution >= 0.6 is 0 Å². The Bertz CT molecular complexity index is 2000. The van der Waals surface area contributed by atoms with Gasteiger partial charge in [-0.05, 0) is 77.2 Å². The van der Waals surface area contributed by atoms with Crippen molar-refractivity contribution in [1.82, 2.24) is 53.2 Å². The van der Waals surface area contributed by atoms with Crippen LogP contribution in [0.4, 0.5) is 0 Å². The number of carbonyl (C=O) groups is 10. The number of carbonyl (C=O) groups excluding carboxylic acids is 9. The average Bonchev–Trinajstić information content (AvgIpc) is 3.49. The maximum absolute atomic E-state index is 14.2. The topological polar surface area (TPSA) is 503 Å².